The van der Waals surface area contributed by atoms with E-state index in [9.17, 15) is 9.59 Å². The van der Waals surface area contributed by atoms with E-state index >= 15 is 0 Å². The van der Waals surface area contributed by atoms with Crippen LogP contribution >= 0.6 is 0 Å². The highest BCUT2D eigenvalue weighted by Gasteiger charge is 2.41. The van der Waals surface area contributed by atoms with Crippen molar-refractivity contribution in [2.24, 2.45) is 22.7 Å². The lowest BCUT2D eigenvalue weighted by Gasteiger charge is -2.38. The highest BCUT2D eigenvalue weighted by atomic mass is 16.1. The van der Waals surface area contributed by atoms with E-state index < -0.39 is 0 Å². The van der Waals surface area contributed by atoms with E-state index in [1.165, 1.54) is 0 Å². The Morgan fingerprint density at radius 3 is 1.50 bits per heavy atom. The van der Waals surface area contributed by atoms with Gasteiger partial charge in [-0.2, -0.15) is 0 Å². The van der Waals surface area contributed by atoms with Crippen molar-refractivity contribution < 1.29 is 9.59 Å². The summed E-state index contributed by atoms with van der Waals surface area (Å²) in [6.45, 7) is 8.49. The highest BCUT2D eigenvalue weighted by molar-refractivity contribution is 6.00. The zero-order chi connectivity index (χ0) is 13.6. The number of rotatable bonds is 1. The molecule has 2 rings (SSSR count). The Kier molecular flexibility index (Phi) is 3.08. The number of hydrogen-bond acceptors (Lipinski definition) is 2. The molecule has 0 amide bonds. The van der Waals surface area contributed by atoms with Crippen LogP contribution in [0.3, 0.4) is 0 Å². The minimum atomic E-state index is -0.137. The monoisotopic (exact) mass is 246 g/mol. The van der Waals surface area contributed by atoms with Gasteiger partial charge in [-0.15, -0.1) is 0 Å². The zero-order valence-electron chi connectivity index (χ0n) is 11.7. The van der Waals surface area contributed by atoms with Gasteiger partial charge in [0.1, 0.15) is 0 Å². The van der Waals surface area contributed by atoms with E-state index in [1.54, 1.807) is 12.2 Å². The average Bonchev–Trinajstić information content (AvgIpc) is 2.25. The van der Waals surface area contributed by atoms with Crippen molar-refractivity contribution in [3.8, 4) is 0 Å². The van der Waals surface area contributed by atoms with E-state index in [2.05, 4.69) is 27.7 Å². The predicted molar refractivity (Wildman–Crippen MR) is 72.1 cm³/mol. The molecule has 0 aliphatic heterocycles. The summed E-state index contributed by atoms with van der Waals surface area (Å²) in [5.41, 5.74) is 0.0360. The largest absolute Gasteiger partial charge is 0.295 e. The van der Waals surface area contributed by atoms with Gasteiger partial charge in [0.2, 0.25) is 0 Å². The molecule has 18 heavy (non-hydrogen) atoms. The Hall–Kier alpha value is -1.18. The molecule has 0 fully saturated rings. The summed E-state index contributed by atoms with van der Waals surface area (Å²) in [6, 6.07) is 0. The smallest absolute Gasteiger partial charge is 0.159 e. The van der Waals surface area contributed by atoms with Gasteiger partial charge in [0.15, 0.2) is 11.6 Å². The first-order valence-electron chi connectivity index (χ1n) is 6.66. The van der Waals surface area contributed by atoms with E-state index in [4.69, 9.17) is 0 Å². The Morgan fingerprint density at radius 2 is 1.17 bits per heavy atom. The van der Waals surface area contributed by atoms with Gasteiger partial charge in [0, 0.05) is 11.8 Å². The van der Waals surface area contributed by atoms with E-state index in [-0.39, 0.29) is 34.2 Å². The molecule has 98 valence electrons. The maximum absolute atomic E-state index is 12.1. The number of hydrogen-bond donors (Lipinski definition) is 0. The van der Waals surface area contributed by atoms with Crippen molar-refractivity contribution in [3.05, 3.63) is 24.3 Å². The minimum Gasteiger partial charge on any atom is -0.295 e. The summed E-state index contributed by atoms with van der Waals surface area (Å²) in [6.07, 6.45) is 8.85. The van der Waals surface area contributed by atoms with Gasteiger partial charge >= 0.3 is 0 Å². The normalized spacial score (nSPS) is 33.8. The second-order valence-electron chi connectivity index (χ2n) is 7.07. The van der Waals surface area contributed by atoms with Crippen molar-refractivity contribution in [3.63, 3.8) is 0 Å². The summed E-state index contributed by atoms with van der Waals surface area (Å²) < 4.78 is 0. The second kappa shape index (κ2) is 4.18. The fraction of sp³-hybridized carbons (Fsp3) is 0.625. The molecule has 0 spiro atoms. The first-order chi connectivity index (χ1) is 8.20. The van der Waals surface area contributed by atoms with Crippen molar-refractivity contribution in [1.29, 1.82) is 0 Å². The molecule has 0 heterocycles. The summed E-state index contributed by atoms with van der Waals surface area (Å²) in [5, 5.41) is 0. The molecule has 0 aromatic rings. The highest BCUT2D eigenvalue weighted by Crippen LogP contribution is 2.42. The Balaban J connectivity index is 2.27. The molecule has 0 unspecified atom stereocenters. The van der Waals surface area contributed by atoms with Crippen molar-refractivity contribution in [2.45, 2.75) is 40.5 Å². The van der Waals surface area contributed by atoms with Gasteiger partial charge in [-0.1, -0.05) is 39.8 Å². The molecule has 0 radical (unpaired) electrons. The van der Waals surface area contributed by atoms with Gasteiger partial charge < -0.3 is 0 Å². The summed E-state index contributed by atoms with van der Waals surface area (Å²) in [4.78, 5) is 24.1. The molecule has 0 aromatic carbocycles. The molecule has 0 saturated carbocycles. The van der Waals surface area contributed by atoms with Gasteiger partial charge in [0.05, 0.1) is 0 Å². The number of ketones is 2. The van der Waals surface area contributed by atoms with E-state index in [0.717, 1.165) is 12.8 Å². The third-order valence-corrected chi connectivity index (χ3v) is 4.11. The molecule has 0 bridgehead atoms. The van der Waals surface area contributed by atoms with Crippen LogP contribution in [0.1, 0.15) is 40.5 Å². The molecule has 0 N–H and O–H groups in total. The van der Waals surface area contributed by atoms with Crippen LogP contribution in [0, 0.1) is 22.7 Å². The van der Waals surface area contributed by atoms with Gasteiger partial charge in [0.25, 0.3) is 0 Å². The molecule has 2 aliphatic carbocycles. The number of carbonyl (C=O) groups excluding carboxylic acids is 2. The van der Waals surface area contributed by atoms with Gasteiger partial charge in [-0.3, -0.25) is 9.59 Å². The minimum absolute atomic E-state index is 0.0180. The third-order valence-electron chi connectivity index (χ3n) is 4.11. The standard InChI is InChI=1S/C16H22O2/c1-15(2)7-5-13(17)11(9-15)12-10-16(3,4)8-6-14(12)18/h5-8,11-12H,9-10H2,1-4H3/t11-,12-/m1/s1. The lowest BCUT2D eigenvalue weighted by molar-refractivity contribution is -0.130. The molecule has 2 heteroatoms. The summed E-state index contributed by atoms with van der Waals surface area (Å²) in [5.74, 6) is -0.0269. The van der Waals surface area contributed by atoms with Gasteiger partial charge in [-0.25, -0.2) is 0 Å². The van der Waals surface area contributed by atoms with Crippen molar-refractivity contribution in [2.75, 3.05) is 0 Å². The van der Waals surface area contributed by atoms with Crippen LogP contribution in [0.5, 0.6) is 0 Å². The number of allylic oxidation sites excluding steroid dienone is 4. The van der Waals surface area contributed by atoms with Crippen molar-refractivity contribution in [1.82, 2.24) is 0 Å². The molecular formula is C16H22O2. The topological polar surface area (TPSA) is 34.1 Å². The quantitative estimate of drug-likeness (QED) is 0.711. The molecular weight excluding hydrogens is 224 g/mol. The summed E-state index contributed by atoms with van der Waals surface area (Å²) >= 11 is 0. The fourth-order valence-corrected chi connectivity index (χ4v) is 3.01. The third kappa shape index (κ3) is 2.63. The summed E-state index contributed by atoms with van der Waals surface area (Å²) in [7, 11) is 0. The SMILES string of the molecule is CC1(C)C=CC(=O)[C@@H]([C@H]2CC(C)(C)C=CC2=O)C1. The molecule has 2 atom stereocenters. The maximum Gasteiger partial charge on any atom is 0.159 e. The molecule has 0 aromatic heterocycles. The van der Waals surface area contributed by atoms with Crippen LogP contribution in [-0.2, 0) is 9.59 Å². The Bertz CT molecular complexity index is 396. The molecule has 2 aliphatic rings. The Morgan fingerprint density at radius 1 is 0.833 bits per heavy atom. The zero-order valence-corrected chi connectivity index (χ0v) is 11.7. The van der Waals surface area contributed by atoms with Crippen LogP contribution in [0.2, 0.25) is 0 Å². The van der Waals surface area contributed by atoms with Gasteiger partial charge in [-0.05, 0) is 35.8 Å². The predicted octanol–water partition coefficient (Wildman–Crippen LogP) is 3.33. The number of carbonyl (C=O) groups is 2. The first-order valence-corrected chi connectivity index (χ1v) is 6.66. The van der Waals surface area contributed by atoms with Crippen LogP contribution in [0.25, 0.3) is 0 Å². The lowest BCUT2D eigenvalue weighted by atomic mass is 9.65. The lowest BCUT2D eigenvalue weighted by Crippen LogP contribution is -2.38. The average molecular weight is 246 g/mol. The first kappa shape index (κ1) is 13.3. The second-order valence-corrected chi connectivity index (χ2v) is 7.07. The van der Waals surface area contributed by atoms with E-state index in [0.29, 0.717) is 0 Å². The van der Waals surface area contributed by atoms with Crippen LogP contribution in [0.15, 0.2) is 24.3 Å². The maximum atomic E-state index is 12.1. The molecule has 0 saturated heterocycles. The van der Waals surface area contributed by atoms with Crippen LogP contribution in [-0.4, -0.2) is 11.6 Å². The van der Waals surface area contributed by atoms with Crippen molar-refractivity contribution >= 4 is 11.6 Å². The fourth-order valence-electron chi connectivity index (χ4n) is 3.01. The Labute approximate surface area is 109 Å². The van der Waals surface area contributed by atoms with Crippen LogP contribution < -0.4 is 0 Å². The van der Waals surface area contributed by atoms with E-state index in [1.807, 2.05) is 12.2 Å². The van der Waals surface area contributed by atoms with Crippen LogP contribution in [0.4, 0.5) is 0 Å². The molecule has 2 nitrogen and oxygen atoms in total.